The van der Waals surface area contributed by atoms with Crippen LogP contribution in [0, 0.1) is 0 Å². The summed E-state index contributed by atoms with van der Waals surface area (Å²) >= 11 is 4.87. The van der Waals surface area contributed by atoms with Gasteiger partial charge < -0.3 is 4.57 Å². The largest absolute Gasteiger partial charge is 0.333 e. The molecule has 0 aliphatic rings. The summed E-state index contributed by atoms with van der Waals surface area (Å²) in [6.07, 6.45) is 5.43. The Labute approximate surface area is 168 Å². The Balaban J connectivity index is 1.43. The van der Waals surface area contributed by atoms with Gasteiger partial charge in [-0.05, 0) is 29.8 Å². The van der Waals surface area contributed by atoms with E-state index < -0.39 is 0 Å². The van der Waals surface area contributed by atoms with Crippen molar-refractivity contribution in [2.45, 2.75) is 6.54 Å². The van der Waals surface area contributed by atoms with E-state index in [0.717, 1.165) is 27.8 Å². The van der Waals surface area contributed by atoms with Crippen LogP contribution < -0.4 is 5.32 Å². The Morgan fingerprint density at radius 2 is 2.04 bits per heavy atom. The van der Waals surface area contributed by atoms with Crippen molar-refractivity contribution in [2.24, 2.45) is 0 Å². The highest BCUT2D eigenvalue weighted by Gasteiger charge is 2.10. The van der Waals surface area contributed by atoms with Crippen LogP contribution in [0.25, 0.3) is 11.3 Å². The molecule has 0 aliphatic heterocycles. The second-order valence-corrected chi connectivity index (χ2v) is 7.71. The molecule has 134 valence electrons. The van der Waals surface area contributed by atoms with Crippen molar-refractivity contribution < 1.29 is 4.79 Å². The molecule has 0 aliphatic carbocycles. The summed E-state index contributed by atoms with van der Waals surface area (Å²) in [5.41, 5.74) is 3.55. The maximum absolute atomic E-state index is 12.5. The van der Waals surface area contributed by atoms with Crippen LogP contribution in [0.15, 0.2) is 77.1 Å². The van der Waals surface area contributed by atoms with Gasteiger partial charge in [0.25, 0.3) is 5.91 Å². The van der Waals surface area contributed by atoms with Crippen molar-refractivity contribution in [3.05, 3.63) is 88.2 Å². The van der Waals surface area contributed by atoms with Crippen molar-refractivity contribution in [3.8, 4) is 11.3 Å². The van der Waals surface area contributed by atoms with E-state index in [0.29, 0.717) is 10.7 Å². The zero-order valence-corrected chi connectivity index (χ0v) is 16.6. The Morgan fingerprint density at radius 1 is 1.19 bits per heavy atom. The quantitative estimate of drug-likeness (QED) is 0.473. The van der Waals surface area contributed by atoms with Gasteiger partial charge in [-0.1, -0.05) is 40.2 Å². The fraction of sp³-hybridized carbons (Fsp3) is 0.0500. The van der Waals surface area contributed by atoms with Crippen LogP contribution in [0.2, 0.25) is 0 Å². The van der Waals surface area contributed by atoms with Gasteiger partial charge >= 0.3 is 0 Å². The molecule has 0 unspecified atom stereocenters. The van der Waals surface area contributed by atoms with Gasteiger partial charge in [-0.25, -0.2) is 9.97 Å². The summed E-state index contributed by atoms with van der Waals surface area (Å²) < 4.78 is 2.98. The third-order valence-corrected chi connectivity index (χ3v) is 5.24. The molecule has 2 aromatic carbocycles. The Morgan fingerprint density at radius 3 is 2.78 bits per heavy atom. The first-order chi connectivity index (χ1) is 13.2. The van der Waals surface area contributed by atoms with Gasteiger partial charge in [-0.2, -0.15) is 0 Å². The lowest BCUT2D eigenvalue weighted by Crippen LogP contribution is -2.11. The average molecular weight is 439 g/mol. The maximum Gasteiger partial charge on any atom is 0.257 e. The number of halogens is 1. The molecule has 0 radical (unpaired) electrons. The number of anilines is 1. The van der Waals surface area contributed by atoms with Crippen LogP contribution in [0.1, 0.15) is 15.9 Å². The molecule has 27 heavy (non-hydrogen) atoms. The minimum Gasteiger partial charge on any atom is -0.333 e. The van der Waals surface area contributed by atoms with Crippen LogP contribution in [0.3, 0.4) is 0 Å². The molecule has 0 spiro atoms. The Kier molecular flexibility index (Phi) is 5.13. The number of carbonyl (C=O) groups is 1. The van der Waals surface area contributed by atoms with Gasteiger partial charge in [0.1, 0.15) is 0 Å². The Bertz CT molecular complexity index is 1060. The lowest BCUT2D eigenvalue weighted by atomic mass is 10.1. The number of amides is 1. The fourth-order valence-corrected chi connectivity index (χ4v) is 3.75. The third-order valence-electron chi connectivity index (χ3n) is 3.99. The first-order valence-corrected chi connectivity index (χ1v) is 9.92. The molecule has 1 amide bonds. The zero-order valence-electron chi connectivity index (χ0n) is 14.2. The van der Waals surface area contributed by atoms with E-state index in [2.05, 4.69) is 31.2 Å². The fourth-order valence-electron chi connectivity index (χ4n) is 2.63. The van der Waals surface area contributed by atoms with Crippen molar-refractivity contribution >= 4 is 38.3 Å². The van der Waals surface area contributed by atoms with Gasteiger partial charge in [0.2, 0.25) is 0 Å². The van der Waals surface area contributed by atoms with Crippen molar-refractivity contribution in [1.82, 2.24) is 14.5 Å². The van der Waals surface area contributed by atoms with E-state index >= 15 is 0 Å². The normalized spacial score (nSPS) is 10.7. The van der Waals surface area contributed by atoms with E-state index in [1.54, 1.807) is 12.5 Å². The van der Waals surface area contributed by atoms with E-state index in [-0.39, 0.29) is 5.91 Å². The minimum atomic E-state index is -0.167. The van der Waals surface area contributed by atoms with Gasteiger partial charge in [-0.3, -0.25) is 10.1 Å². The number of nitrogens with one attached hydrogen (secondary N) is 1. The average Bonchev–Trinajstić information content (AvgIpc) is 3.34. The van der Waals surface area contributed by atoms with E-state index in [1.807, 2.05) is 64.7 Å². The molecule has 7 heteroatoms. The van der Waals surface area contributed by atoms with Crippen LogP contribution in [0.5, 0.6) is 0 Å². The first kappa shape index (κ1) is 17.6. The van der Waals surface area contributed by atoms with Crippen molar-refractivity contribution in [2.75, 3.05) is 5.32 Å². The highest BCUT2D eigenvalue weighted by Crippen LogP contribution is 2.27. The molecule has 0 saturated heterocycles. The molecule has 4 aromatic rings. The zero-order chi connectivity index (χ0) is 18.6. The summed E-state index contributed by atoms with van der Waals surface area (Å²) in [5.74, 6) is -0.167. The summed E-state index contributed by atoms with van der Waals surface area (Å²) in [4.78, 5) is 21.0. The molecule has 2 aromatic heterocycles. The van der Waals surface area contributed by atoms with Gasteiger partial charge in [-0.15, -0.1) is 11.3 Å². The number of rotatable bonds is 5. The molecular formula is C20H15BrN4OS. The SMILES string of the molecule is O=C(Nc1nc(-c2cccc(Br)c2)cs1)c1ccc(Cn2ccnc2)cc1. The second-order valence-electron chi connectivity index (χ2n) is 5.93. The lowest BCUT2D eigenvalue weighted by molar-refractivity contribution is 0.102. The predicted molar refractivity (Wildman–Crippen MR) is 111 cm³/mol. The van der Waals surface area contributed by atoms with Crippen molar-refractivity contribution in [1.29, 1.82) is 0 Å². The van der Waals surface area contributed by atoms with Gasteiger partial charge in [0, 0.05) is 39.9 Å². The standard InChI is InChI=1S/C20H15BrN4OS/c21-17-3-1-2-16(10-17)18-12-27-20(23-18)24-19(26)15-6-4-14(5-7-15)11-25-9-8-22-13-25/h1-10,12-13H,11H2,(H,23,24,26). The van der Waals surface area contributed by atoms with E-state index in [9.17, 15) is 4.79 Å². The number of nitrogens with zero attached hydrogens (tertiary/aromatic N) is 3. The van der Waals surface area contributed by atoms with Crippen molar-refractivity contribution in [3.63, 3.8) is 0 Å². The highest BCUT2D eigenvalue weighted by molar-refractivity contribution is 9.10. The molecule has 5 nitrogen and oxygen atoms in total. The van der Waals surface area contributed by atoms with Crippen LogP contribution >= 0.6 is 27.3 Å². The third kappa shape index (κ3) is 4.32. The molecule has 0 atom stereocenters. The number of carbonyl (C=O) groups excluding carboxylic acids is 1. The smallest absolute Gasteiger partial charge is 0.257 e. The Hall–Kier alpha value is -2.77. The summed E-state index contributed by atoms with van der Waals surface area (Å²) in [6, 6.07) is 15.5. The molecule has 4 rings (SSSR count). The highest BCUT2D eigenvalue weighted by atomic mass is 79.9. The number of benzene rings is 2. The number of hydrogen-bond acceptors (Lipinski definition) is 4. The number of hydrogen-bond donors (Lipinski definition) is 1. The molecule has 0 fully saturated rings. The second kappa shape index (κ2) is 7.85. The predicted octanol–water partition coefficient (Wildman–Crippen LogP) is 5.07. The number of imidazole rings is 1. The van der Waals surface area contributed by atoms with Gasteiger partial charge in [0.15, 0.2) is 5.13 Å². The van der Waals surface area contributed by atoms with Crippen LogP contribution in [-0.2, 0) is 6.54 Å². The summed E-state index contributed by atoms with van der Waals surface area (Å²) in [7, 11) is 0. The minimum absolute atomic E-state index is 0.167. The molecule has 0 bridgehead atoms. The monoisotopic (exact) mass is 438 g/mol. The van der Waals surface area contributed by atoms with E-state index in [1.165, 1.54) is 11.3 Å². The molecule has 1 N–H and O–H groups in total. The maximum atomic E-state index is 12.5. The lowest BCUT2D eigenvalue weighted by Gasteiger charge is -2.05. The molecule has 2 heterocycles. The summed E-state index contributed by atoms with van der Waals surface area (Å²) in [5, 5.41) is 5.39. The van der Waals surface area contributed by atoms with Crippen LogP contribution in [-0.4, -0.2) is 20.4 Å². The molecular weight excluding hydrogens is 424 g/mol. The van der Waals surface area contributed by atoms with Gasteiger partial charge in [0.05, 0.1) is 12.0 Å². The van der Waals surface area contributed by atoms with Crippen LogP contribution in [0.4, 0.5) is 5.13 Å². The summed E-state index contributed by atoms with van der Waals surface area (Å²) in [6.45, 7) is 0.727. The first-order valence-electron chi connectivity index (χ1n) is 8.25. The number of aromatic nitrogens is 3. The topological polar surface area (TPSA) is 59.8 Å². The number of thiazole rings is 1. The van der Waals surface area contributed by atoms with E-state index in [4.69, 9.17) is 0 Å². The molecule has 0 saturated carbocycles.